The van der Waals surface area contributed by atoms with Crippen LogP contribution in [0, 0.1) is 20.8 Å². The van der Waals surface area contributed by atoms with Crippen LogP contribution in [0.5, 0.6) is 0 Å². The number of aryl methyl sites for hydroxylation is 3. The summed E-state index contributed by atoms with van der Waals surface area (Å²) >= 11 is 7.42. The minimum Gasteiger partial charge on any atom is -0.326 e. The molecule has 0 aliphatic heterocycles. The summed E-state index contributed by atoms with van der Waals surface area (Å²) in [6, 6.07) is 13.5. The van der Waals surface area contributed by atoms with Crippen molar-refractivity contribution in [3.05, 3.63) is 64.2 Å². The van der Waals surface area contributed by atoms with Gasteiger partial charge in [-0.25, -0.2) is 0 Å². The number of aromatic nitrogens is 3. The Morgan fingerprint density at radius 2 is 1.83 bits per heavy atom. The smallest absolute Gasteiger partial charge is 0.225 e. The van der Waals surface area contributed by atoms with Crippen molar-refractivity contribution in [2.45, 2.75) is 32.3 Å². The summed E-state index contributed by atoms with van der Waals surface area (Å²) in [6.07, 6.45) is 0.379. The van der Waals surface area contributed by atoms with Gasteiger partial charge in [-0.05, 0) is 68.3 Å². The van der Waals surface area contributed by atoms with E-state index in [1.807, 2.05) is 0 Å². The van der Waals surface area contributed by atoms with E-state index < -0.39 is 0 Å². The number of nitrogens with one attached hydrogen (secondary N) is 1. The van der Waals surface area contributed by atoms with Crippen LogP contribution in [0.4, 0.5) is 5.69 Å². The molecule has 4 aromatic rings. The van der Waals surface area contributed by atoms with E-state index in [1.165, 1.54) is 33.8 Å². The number of nitrogens with zero attached hydrogens (tertiary/aromatic N) is 3. The predicted molar refractivity (Wildman–Crippen MR) is 120 cm³/mol. The average molecular weight is 425 g/mol. The number of thioether (sulfide) groups is 1. The van der Waals surface area contributed by atoms with Gasteiger partial charge in [0.2, 0.25) is 5.91 Å². The first-order chi connectivity index (χ1) is 13.9. The van der Waals surface area contributed by atoms with Crippen LogP contribution in [0.1, 0.15) is 23.1 Å². The van der Waals surface area contributed by atoms with Gasteiger partial charge in [0.1, 0.15) is 0 Å². The maximum Gasteiger partial charge on any atom is 0.225 e. The molecular weight excluding hydrogens is 404 g/mol. The molecule has 0 radical (unpaired) electrons. The Kier molecular flexibility index (Phi) is 5.48. The second-order valence-corrected chi connectivity index (χ2v) is 8.63. The van der Waals surface area contributed by atoms with Crippen LogP contribution < -0.4 is 5.32 Å². The maximum absolute atomic E-state index is 12.2. The molecule has 2 heterocycles. The summed E-state index contributed by atoms with van der Waals surface area (Å²) in [4.78, 5) is 12.2. The van der Waals surface area contributed by atoms with E-state index in [0.717, 1.165) is 22.0 Å². The standard InChI is InChI=1S/C22H21ClN4OS/c1-13-10-15(3)21-18(11-13)14(2)12-19-25-26-22(27(19)21)29-9-8-20(28)24-17-6-4-16(23)5-7-17/h4-7,10-12H,8-9H2,1-3H3,(H,24,28). The molecule has 0 fully saturated rings. The second kappa shape index (κ2) is 8.05. The average Bonchev–Trinajstić information content (AvgIpc) is 3.06. The Balaban J connectivity index is 1.53. The van der Waals surface area contributed by atoms with E-state index in [0.29, 0.717) is 17.2 Å². The third-order valence-electron chi connectivity index (χ3n) is 4.79. The quantitative estimate of drug-likeness (QED) is 0.425. The van der Waals surface area contributed by atoms with Gasteiger partial charge in [-0.2, -0.15) is 0 Å². The van der Waals surface area contributed by atoms with Crippen molar-refractivity contribution in [2.24, 2.45) is 0 Å². The number of anilines is 1. The number of halogens is 1. The number of hydrogen-bond acceptors (Lipinski definition) is 4. The number of hydrogen-bond donors (Lipinski definition) is 1. The SMILES string of the molecule is Cc1cc(C)c2c(c1)c(C)cc1nnc(SCCC(=O)Nc3ccc(Cl)cc3)n12. The van der Waals surface area contributed by atoms with Gasteiger partial charge in [-0.3, -0.25) is 9.20 Å². The first-order valence-corrected chi connectivity index (χ1v) is 10.7. The highest BCUT2D eigenvalue weighted by molar-refractivity contribution is 7.99. The predicted octanol–water partition coefficient (Wildman–Crippen LogP) is 5.58. The zero-order chi connectivity index (χ0) is 20.5. The molecular formula is C22H21ClN4OS. The lowest BCUT2D eigenvalue weighted by Crippen LogP contribution is -2.12. The Bertz CT molecular complexity index is 1220. The van der Waals surface area contributed by atoms with Crippen molar-refractivity contribution in [3.8, 4) is 0 Å². The third-order valence-corrected chi connectivity index (χ3v) is 5.97. The Hall–Kier alpha value is -2.57. The van der Waals surface area contributed by atoms with E-state index >= 15 is 0 Å². The van der Waals surface area contributed by atoms with Crippen molar-refractivity contribution in [3.63, 3.8) is 0 Å². The fourth-order valence-electron chi connectivity index (χ4n) is 3.50. The van der Waals surface area contributed by atoms with Crippen molar-refractivity contribution < 1.29 is 4.79 Å². The molecule has 148 valence electrons. The molecule has 5 nitrogen and oxygen atoms in total. The van der Waals surface area contributed by atoms with Crippen LogP contribution in [0.3, 0.4) is 0 Å². The number of benzene rings is 2. The van der Waals surface area contributed by atoms with E-state index in [2.05, 4.69) is 58.9 Å². The summed E-state index contributed by atoms with van der Waals surface area (Å²) < 4.78 is 2.10. The van der Waals surface area contributed by atoms with Gasteiger partial charge in [-0.15, -0.1) is 10.2 Å². The van der Waals surface area contributed by atoms with Crippen molar-refractivity contribution in [2.75, 3.05) is 11.1 Å². The maximum atomic E-state index is 12.2. The number of amides is 1. The van der Waals surface area contributed by atoms with Crippen LogP contribution >= 0.6 is 23.4 Å². The van der Waals surface area contributed by atoms with Gasteiger partial charge >= 0.3 is 0 Å². The fraction of sp³-hybridized carbons (Fsp3) is 0.227. The topological polar surface area (TPSA) is 59.3 Å². The number of pyridine rings is 1. The third kappa shape index (κ3) is 4.09. The Morgan fingerprint density at radius 3 is 2.59 bits per heavy atom. The monoisotopic (exact) mass is 424 g/mol. The second-order valence-electron chi connectivity index (χ2n) is 7.14. The van der Waals surface area contributed by atoms with Crippen LogP contribution in [0.25, 0.3) is 16.6 Å². The van der Waals surface area contributed by atoms with Crippen LogP contribution in [-0.4, -0.2) is 26.3 Å². The van der Waals surface area contributed by atoms with Gasteiger partial charge in [0, 0.05) is 28.3 Å². The summed E-state index contributed by atoms with van der Waals surface area (Å²) in [5.41, 5.74) is 6.31. The Morgan fingerprint density at radius 1 is 1.07 bits per heavy atom. The molecule has 0 aliphatic rings. The summed E-state index contributed by atoms with van der Waals surface area (Å²) in [5, 5.41) is 14.3. The van der Waals surface area contributed by atoms with Gasteiger partial charge in [-0.1, -0.05) is 35.0 Å². The molecule has 0 saturated heterocycles. The molecule has 0 aliphatic carbocycles. The number of fused-ring (bicyclic) bond motifs is 3. The fourth-order valence-corrected chi connectivity index (χ4v) is 4.51. The highest BCUT2D eigenvalue weighted by Gasteiger charge is 2.14. The van der Waals surface area contributed by atoms with Gasteiger partial charge in [0.15, 0.2) is 10.8 Å². The van der Waals surface area contributed by atoms with Crippen molar-refractivity contribution in [1.82, 2.24) is 14.6 Å². The van der Waals surface area contributed by atoms with Crippen molar-refractivity contribution in [1.29, 1.82) is 0 Å². The number of carbonyl (C=O) groups is 1. The minimum atomic E-state index is -0.0406. The number of carbonyl (C=O) groups excluding carboxylic acids is 1. The molecule has 29 heavy (non-hydrogen) atoms. The zero-order valence-corrected chi connectivity index (χ0v) is 18.1. The molecule has 7 heteroatoms. The van der Waals surface area contributed by atoms with Gasteiger partial charge in [0.05, 0.1) is 5.52 Å². The molecule has 0 atom stereocenters. The summed E-state index contributed by atoms with van der Waals surface area (Å²) in [7, 11) is 0. The van der Waals surface area contributed by atoms with Gasteiger partial charge in [0.25, 0.3) is 0 Å². The zero-order valence-electron chi connectivity index (χ0n) is 16.5. The lowest BCUT2D eigenvalue weighted by atomic mass is 10.0. The molecule has 1 N–H and O–H groups in total. The first kappa shape index (κ1) is 19.7. The van der Waals surface area contributed by atoms with E-state index in [4.69, 9.17) is 11.6 Å². The van der Waals surface area contributed by atoms with E-state index in [1.54, 1.807) is 24.3 Å². The van der Waals surface area contributed by atoms with Crippen LogP contribution in [0.15, 0.2) is 47.6 Å². The number of rotatable bonds is 5. The lowest BCUT2D eigenvalue weighted by Gasteiger charge is -2.11. The molecule has 0 spiro atoms. The van der Waals surface area contributed by atoms with Crippen LogP contribution in [-0.2, 0) is 4.79 Å². The largest absolute Gasteiger partial charge is 0.326 e. The van der Waals surface area contributed by atoms with E-state index in [9.17, 15) is 4.79 Å². The van der Waals surface area contributed by atoms with Crippen molar-refractivity contribution >= 4 is 51.5 Å². The Labute approximate surface area is 178 Å². The molecule has 0 bridgehead atoms. The first-order valence-electron chi connectivity index (χ1n) is 9.36. The molecule has 1 amide bonds. The normalized spacial score (nSPS) is 11.3. The lowest BCUT2D eigenvalue weighted by molar-refractivity contribution is -0.115. The molecule has 0 saturated carbocycles. The molecule has 2 aromatic heterocycles. The highest BCUT2D eigenvalue weighted by atomic mass is 35.5. The summed E-state index contributed by atoms with van der Waals surface area (Å²) in [5.74, 6) is 0.571. The summed E-state index contributed by atoms with van der Waals surface area (Å²) in [6.45, 7) is 6.32. The molecule has 0 unspecified atom stereocenters. The minimum absolute atomic E-state index is 0.0406. The molecule has 4 rings (SSSR count). The van der Waals surface area contributed by atoms with Crippen LogP contribution in [0.2, 0.25) is 5.02 Å². The van der Waals surface area contributed by atoms with E-state index in [-0.39, 0.29) is 5.91 Å². The highest BCUT2D eigenvalue weighted by Crippen LogP contribution is 2.29. The molecule has 2 aromatic carbocycles. The van der Waals surface area contributed by atoms with Gasteiger partial charge < -0.3 is 5.32 Å².